The molecule has 0 radical (unpaired) electrons. The van der Waals surface area contributed by atoms with Crippen molar-refractivity contribution >= 4 is 5.71 Å². The third kappa shape index (κ3) is 3.12. The molecule has 1 aliphatic rings. The topological polar surface area (TPSA) is 24.4 Å². The second kappa shape index (κ2) is 2.85. The van der Waals surface area contributed by atoms with E-state index >= 15 is 0 Å². The lowest BCUT2D eigenvalue weighted by Crippen LogP contribution is -2.10. The van der Waals surface area contributed by atoms with Crippen LogP contribution in [-0.2, 0) is 0 Å². The molecular weight excluding hydrogens is 112 g/mol. The Balaban J connectivity index is 1.97. The van der Waals surface area contributed by atoms with Crippen molar-refractivity contribution in [2.45, 2.75) is 26.7 Å². The largest absolute Gasteiger partial charge is 0.310 e. The molecular formula is C7H14N2. The highest BCUT2D eigenvalue weighted by Crippen LogP contribution is 2.27. The minimum atomic E-state index is 0.924. The summed E-state index contributed by atoms with van der Waals surface area (Å²) in [6, 6.07) is 0. The molecule has 0 aromatic carbocycles. The summed E-state index contributed by atoms with van der Waals surface area (Å²) in [5.41, 5.74) is 4.14. The minimum Gasteiger partial charge on any atom is -0.310 e. The van der Waals surface area contributed by atoms with Crippen LogP contribution < -0.4 is 5.43 Å². The summed E-state index contributed by atoms with van der Waals surface area (Å²) < 4.78 is 0. The Bertz CT molecular complexity index is 110. The molecule has 1 saturated carbocycles. The van der Waals surface area contributed by atoms with E-state index in [9.17, 15) is 0 Å². The predicted molar refractivity (Wildman–Crippen MR) is 39.5 cm³/mol. The van der Waals surface area contributed by atoms with Crippen molar-refractivity contribution in [2.75, 3.05) is 6.54 Å². The maximum Gasteiger partial charge on any atom is 0.0357 e. The van der Waals surface area contributed by atoms with Crippen LogP contribution in [0.15, 0.2) is 5.10 Å². The molecule has 1 rings (SSSR count). The van der Waals surface area contributed by atoms with E-state index < -0.39 is 0 Å². The fraction of sp³-hybridized carbons (Fsp3) is 0.857. The highest BCUT2D eigenvalue weighted by atomic mass is 15.3. The number of nitrogens with zero attached hydrogens (tertiary/aromatic N) is 1. The zero-order valence-electron chi connectivity index (χ0n) is 6.15. The summed E-state index contributed by atoms with van der Waals surface area (Å²) in [5, 5.41) is 4.07. The first kappa shape index (κ1) is 6.59. The van der Waals surface area contributed by atoms with E-state index in [1.54, 1.807) is 0 Å². The van der Waals surface area contributed by atoms with Crippen molar-refractivity contribution in [3.8, 4) is 0 Å². The summed E-state index contributed by atoms with van der Waals surface area (Å²) in [4.78, 5) is 0. The Labute approximate surface area is 56.3 Å². The fourth-order valence-corrected chi connectivity index (χ4v) is 0.655. The zero-order valence-corrected chi connectivity index (χ0v) is 6.15. The van der Waals surface area contributed by atoms with Gasteiger partial charge in [-0.1, -0.05) is 0 Å². The van der Waals surface area contributed by atoms with Crippen molar-refractivity contribution in [1.29, 1.82) is 0 Å². The van der Waals surface area contributed by atoms with Crippen molar-refractivity contribution < 1.29 is 0 Å². The van der Waals surface area contributed by atoms with Crippen LogP contribution in [0.1, 0.15) is 26.7 Å². The van der Waals surface area contributed by atoms with Crippen LogP contribution in [0.25, 0.3) is 0 Å². The van der Waals surface area contributed by atoms with Gasteiger partial charge in [0.05, 0.1) is 0 Å². The average molecular weight is 126 g/mol. The Hall–Kier alpha value is -0.530. The van der Waals surface area contributed by atoms with Gasteiger partial charge in [-0.25, -0.2) is 0 Å². The predicted octanol–water partition coefficient (Wildman–Crippen LogP) is 1.38. The van der Waals surface area contributed by atoms with Crippen LogP contribution in [0.3, 0.4) is 0 Å². The Kier molecular flexibility index (Phi) is 2.09. The molecule has 52 valence electrons. The molecule has 1 N–H and O–H groups in total. The monoisotopic (exact) mass is 126 g/mol. The highest BCUT2D eigenvalue weighted by molar-refractivity contribution is 5.78. The Morgan fingerprint density at radius 1 is 1.56 bits per heavy atom. The lowest BCUT2D eigenvalue weighted by atomic mass is 10.4. The summed E-state index contributed by atoms with van der Waals surface area (Å²) in [7, 11) is 0. The van der Waals surface area contributed by atoms with Gasteiger partial charge in [0, 0.05) is 12.3 Å². The number of nitrogens with one attached hydrogen (secondary N) is 1. The maximum atomic E-state index is 4.07. The van der Waals surface area contributed by atoms with E-state index in [1.807, 2.05) is 13.8 Å². The number of hydrogen-bond acceptors (Lipinski definition) is 2. The van der Waals surface area contributed by atoms with Crippen LogP contribution in [0, 0.1) is 5.92 Å². The molecule has 2 nitrogen and oxygen atoms in total. The molecule has 0 heterocycles. The summed E-state index contributed by atoms with van der Waals surface area (Å²) in [5.74, 6) is 0.924. The number of hydrazone groups is 1. The first-order valence-corrected chi connectivity index (χ1v) is 3.53. The van der Waals surface area contributed by atoms with Crippen molar-refractivity contribution in [2.24, 2.45) is 11.0 Å². The summed E-state index contributed by atoms with van der Waals surface area (Å²) in [6.07, 6.45) is 2.79. The molecule has 9 heavy (non-hydrogen) atoms. The van der Waals surface area contributed by atoms with Gasteiger partial charge in [-0.05, 0) is 32.6 Å². The molecule has 1 fully saturated rings. The fourth-order valence-electron chi connectivity index (χ4n) is 0.655. The molecule has 0 unspecified atom stereocenters. The van der Waals surface area contributed by atoms with E-state index in [1.165, 1.54) is 12.8 Å². The SMILES string of the molecule is CC(C)=NNCC1CC1. The van der Waals surface area contributed by atoms with Gasteiger partial charge in [-0.2, -0.15) is 5.10 Å². The second-order valence-electron chi connectivity index (χ2n) is 2.86. The van der Waals surface area contributed by atoms with Crippen molar-refractivity contribution in [1.82, 2.24) is 5.43 Å². The zero-order chi connectivity index (χ0) is 6.69. The van der Waals surface area contributed by atoms with E-state index in [4.69, 9.17) is 0 Å². The van der Waals surface area contributed by atoms with Crippen molar-refractivity contribution in [3.63, 3.8) is 0 Å². The second-order valence-corrected chi connectivity index (χ2v) is 2.86. The molecule has 0 saturated heterocycles. The van der Waals surface area contributed by atoms with Gasteiger partial charge in [0.15, 0.2) is 0 Å². The van der Waals surface area contributed by atoms with Gasteiger partial charge in [0.25, 0.3) is 0 Å². The number of rotatable bonds is 3. The molecule has 0 aromatic heterocycles. The lowest BCUT2D eigenvalue weighted by molar-refractivity contribution is 0.671. The molecule has 0 atom stereocenters. The lowest BCUT2D eigenvalue weighted by Gasteiger charge is -1.96. The van der Waals surface area contributed by atoms with Crippen LogP contribution in [0.5, 0.6) is 0 Å². The normalized spacial score (nSPS) is 17.1. The van der Waals surface area contributed by atoms with Crippen LogP contribution in [0.4, 0.5) is 0 Å². The molecule has 0 bridgehead atoms. The molecule has 0 amide bonds. The van der Waals surface area contributed by atoms with E-state index in [-0.39, 0.29) is 0 Å². The standard InChI is InChI=1S/C7H14N2/c1-6(2)9-8-5-7-3-4-7/h7-8H,3-5H2,1-2H3. The van der Waals surface area contributed by atoms with Gasteiger partial charge in [0.1, 0.15) is 0 Å². The third-order valence-corrected chi connectivity index (χ3v) is 1.38. The van der Waals surface area contributed by atoms with E-state index in [2.05, 4.69) is 10.5 Å². The average Bonchev–Trinajstić information content (AvgIpc) is 2.48. The van der Waals surface area contributed by atoms with Crippen LogP contribution in [-0.4, -0.2) is 12.3 Å². The Morgan fingerprint density at radius 2 is 2.22 bits per heavy atom. The molecule has 2 heteroatoms. The van der Waals surface area contributed by atoms with Crippen molar-refractivity contribution in [3.05, 3.63) is 0 Å². The van der Waals surface area contributed by atoms with Gasteiger partial charge < -0.3 is 5.43 Å². The van der Waals surface area contributed by atoms with Gasteiger partial charge >= 0.3 is 0 Å². The first-order chi connectivity index (χ1) is 4.29. The Morgan fingerprint density at radius 3 is 2.67 bits per heavy atom. The van der Waals surface area contributed by atoms with Gasteiger partial charge in [-0.15, -0.1) is 0 Å². The summed E-state index contributed by atoms with van der Waals surface area (Å²) in [6.45, 7) is 5.07. The third-order valence-electron chi connectivity index (χ3n) is 1.38. The van der Waals surface area contributed by atoms with E-state index in [0.29, 0.717) is 0 Å². The maximum absolute atomic E-state index is 4.07. The van der Waals surface area contributed by atoms with E-state index in [0.717, 1.165) is 18.2 Å². The number of hydrogen-bond donors (Lipinski definition) is 1. The first-order valence-electron chi connectivity index (χ1n) is 3.53. The van der Waals surface area contributed by atoms with Gasteiger partial charge in [0.2, 0.25) is 0 Å². The smallest absolute Gasteiger partial charge is 0.0357 e. The molecule has 0 aromatic rings. The quantitative estimate of drug-likeness (QED) is 0.448. The van der Waals surface area contributed by atoms with Crippen LogP contribution >= 0.6 is 0 Å². The summed E-state index contributed by atoms with van der Waals surface area (Å²) >= 11 is 0. The molecule has 0 aliphatic heterocycles. The molecule has 1 aliphatic carbocycles. The molecule has 0 spiro atoms. The highest BCUT2D eigenvalue weighted by Gasteiger charge is 2.19. The van der Waals surface area contributed by atoms with Gasteiger partial charge in [-0.3, -0.25) is 0 Å². The minimum absolute atomic E-state index is 0.924. The van der Waals surface area contributed by atoms with Crippen LogP contribution in [0.2, 0.25) is 0 Å².